The zero-order chi connectivity index (χ0) is 25.4. The lowest BCUT2D eigenvalue weighted by Gasteiger charge is -2.48. The van der Waals surface area contributed by atoms with Crippen LogP contribution < -0.4 is 10.6 Å². The van der Waals surface area contributed by atoms with E-state index in [4.69, 9.17) is 21.7 Å². The van der Waals surface area contributed by atoms with Crippen molar-refractivity contribution in [2.75, 3.05) is 19.8 Å². The fraction of sp³-hybridized carbons (Fsp3) is 0.286. The van der Waals surface area contributed by atoms with E-state index in [0.29, 0.717) is 24.2 Å². The number of amides is 1. The number of ether oxygens (including phenoxy) is 2. The van der Waals surface area contributed by atoms with Gasteiger partial charge in [0.05, 0.1) is 31.5 Å². The highest BCUT2D eigenvalue weighted by atomic mass is 32.1. The lowest BCUT2D eigenvalue weighted by molar-refractivity contribution is -0.125. The van der Waals surface area contributed by atoms with Gasteiger partial charge in [-0.15, -0.1) is 0 Å². The maximum absolute atomic E-state index is 15.2. The molecule has 0 bridgehead atoms. The largest absolute Gasteiger partial charge is 0.396 e. The van der Waals surface area contributed by atoms with Gasteiger partial charge in [-0.3, -0.25) is 10.1 Å². The number of benzene rings is 3. The molecule has 1 amide bonds. The Hall–Kier alpha value is -3.17. The standard InChI is InChI=1S/C28H29FN2O4S/c29-24-14-8-7-13-22(24)28(31-27(36)30-26(33)21-11-5-2-6-12-21)15-16-35-25(23(28)17-32)19-34-18-20-9-3-1-4-10-20/h1-14,23,25,32H,15-19H2,(H2,30,31,33,36)/t23-,25-,28-/m1/s1. The van der Waals surface area contributed by atoms with Crippen LogP contribution in [-0.2, 0) is 21.6 Å². The number of carbonyl (C=O) groups is 1. The number of carbonyl (C=O) groups excluding carboxylic acids is 1. The molecule has 1 heterocycles. The topological polar surface area (TPSA) is 79.8 Å². The van der Waals surface area contributed by atoms with E-state index in [1.165, 1.54) is 6.07 Å². The highest BCUT2D eigenvalue weighted by Crippen LogP contribution is 2.41. The van der Waals surface area contributed by atoms with E-state index >= 15 is 4.39 Å². The van der Waals surface area contributed by atoms with Crippen molar-refractivity contribution < 1.29 is 23.8 Å². The van der Waals surface area contributed by atoms with Crippen molar-refractivity contribution in [2.45, 2.75) is 24.7 Å². The summed E-state index contributed by atoms with van der Waals surface area (Å²) in [7, 11) is 0. The highest BCUT2D eigenvalue weighted by molar-refractivity contribution is 7.80. The third-order valence-electron chi connectivity index (χ3n) is 6.45. The quantitative estimate of drug-likeness (QED) is 0.400. The van der Waals surface area contributed by atoms with Gasteiger partial charge in [-0.05, 0) is 42.4 Å². The first-order chi connectivity index (χ1) is 17.5. The van der Waals surface area contributed by atoms with Crippen molar-refractivity contribution in [3.8, 4) is 0 Å². The number of hydrogen-bond donors (Lipinski definition) is 3. The molecule has 36 heavy (non-hydrogen) atoms. The van der Waals surface area contributed by atoms with Gasteiger partial charge in [0.1, 0.15) is 5.82 Å². The monoisotopic (exact) mass is 508 g/mol. The van der Waals surface area contributed by atoms with Gasteiger partial charge in [-0.2, -0.15) is 0 Å². The Morgan fingerprint density at radius 3 is 2.42 bits per heavy atom. The molecule has 3 aromatic rings. The summed E-state index contributed by atoms with van der Waals surface area (Å²) in [5.74, 6) is -1.43. The maximum Gasteiger partial charge on any atom is 0.257 e. The van der Waals surface area contributed by atoms with Gasteiger partial charge in [0, 0.05) is 23.7 Å². The Balaban J connectivity index is 1.57. The van der Waals surface area contributed by atoms with Crippen LogP contribution >= 0.6 is 12.2 Å². The molecule has 8 heteroatoms. The number of halogens is 1. The summed E-state index contributed by atoms with van der Waals surface area (Å²) >= 11 is 5.50. The maximum atomic E-state index is 15.2. The molecular weight excluding hydrogens is 479 g/mol. The van der Waals surface area contributed by atoms with Crippen molar-refractivity contribution in [1.29, 1.82) is 0 Å². The SMILES string of the molecule is O=C(NC(=S)N[C@@]1(c2ccccc2F)CCO[C@H](COCc2ccccc2)[C@H]1CO)c1ccccc1. The molecule has 0 aliphatic carbocycles. The first-order valence-corrected chi connectivity index (χ1v) is 12.2. The molecule has 188 valence electrons. The lowest BCUT2D eigenvalue weighted by atomic mass is 9.71. The second-order valence-electron chi connectivity index (χ2n) is 8.67. The second kappa shape index (κ2) is 12.2. The van der Waals surface area contributed by atoms with E-state index in [1.54, 1.807) is 42.5 Å². The minimum atomic E-state index is -1.12. The summed E-state index contributed by atoms with van der Waals surface area (Å²) in [6.07, 6.45) is -0.206. The molecule has 0 saturated carbocycles. The van der Waals surface area contributed by atoms with E-state index in [2.05, 4.69) is 10.6 Å². The molecule has 0 spiro atoms. The Bertz CT molecular complexity index is 1160. The molecule has 4 rings (SSSR count). The predicted molar refractivity (Wildman–Crippen MR) is 139 cm³/mol. The first kappa shape index (κ1) is 25.9. The van der Waals surface area contributed by atoms with E-state index in [-0.39, 0.29) is 30.8 Å². The van der Waals surface area contributed by atoms with Gasteiger partial charge in [0.15, 0.2) is 5.11 Å². The van der Waals surface area contributed by atoms with Crippen molar-refractivity contribution in [2.24, 2.45) is 5.92 Å². The smallest absolute Gasteiger partial charge is 0.257 e. The summed E-state index contributed by atoms with van der Waals surface area (Å²) in [5, 5.41) is 16.4. The van der Waals surface area contributed by atoms with Crippen LogP contribution in [0.1, 0.15) is 27.9 Å². The van der Waals surface area contributed by atoms with Crippen LogP contribution in [0, 0.1) is 11.7 Å². The van der Waals surface area contributed by atoms with Gasteiger partial charge in [-0.1, -0.05) is 66.7 Å². The number of aliphatic hydroxyl groups is 1. The number of thiocarbonyl (C=S) groups is 1. The zero-order valence-electron chi connectivity index (χ0n) is 19.7. The van der Waals surface area contributed by atoms with Gasteiger partial charge in [0.2, 0.25) is 0 Å². The van der Waals surface area contributed by atoms with Crippen LogP contribution in [-0.4, -0.2) is 42.1 Å². The fourth-order valence-corrected chi connectivity index (χ4v) is 4.95. The molecule has 1 aliphatic rings. The van der Waals surface area contributed by atoms with E-state index in [0.717, 1.165) is 5.56 Å². The van der Waals surface area contributed by atoms with Crippen LogP contribution in [0.4, 0.5) is 4.39 Å². The van der Waals surface area contributed by atoms with E-state index in [9.17, 15) is 9.90 Å². The molecular formula is C28H29FN2O4S. The third-order valence-corrected chi connectivity index (χ3v) is 6.66. The molecule has 3 atom stereocenters. The summed E-state index contributed by atoms with van der Waals surface area (Å²) in [5.41, 5.74) is 0.675. The number of nitrogens with one attached hydrogen (secondary N) is 2. The Kier molecular flexibility index (Phi) is 8.77. The Morgan fingerprint density at radius 2 is 1.72 bits per heavy atom. The van der Waals surface area contributed by atoms with E-state index < -0.39 is 23.4 Å². The minimum absolute atomic E-state index is 0.0383. The molecule has 1 fully saturated rings. The predicted octanol–water partition coefficient (Wildman–Crippen LogP) is 3.94. The Labute approximate surface area is 215 Å². The van der Waals surface area contributed by atoms with Crippen molar-refractivity contribution in [1.82, 2.24) is 10.6 Å². The van der Waals surface area contributed by atoms with E-state index in [1.807, 2.05) is 36.4 Å². The summed E-state index contributed by atoms with van der Waals surface area (Å²) in [4.78, 5) is 12.7. The van der Waals surface area contributed by atoms with Crippen molar-refractivity contribution in [3.05, 3.63) is 107 Å². The number of rotatable bonds is 8. The highest BCUT2D eigenvalue weighted by Gasteiger charge is 2.49. The van der Waals surface area contributed by atoms with Gasteiger partial charge in [0.25, 0.3) is 5.91 Å². The zero-order valence-corrected chi connectivity index (χ0v) is 20.5. The molecule has 3 aromatic carbocycles. The van der Waals surface area contributed by atoms with Crippen molar-refractivity contribution >= 4 is 23.2 Å². The lowest BCUT2D eigenvalue weighted by Crippen LogP contribution is -2.62. The minimum Gasteiger partial charge on any atom is -0.396 e. The second-order valence-corrected chi connectivity index (χ2v) is 9.08. The van der Waals surface area contributed by atoms with Crippen LogP contribution in [0.25, 0.3) is 0 Å². The summed E-state index contributed by atoms with van der Waals surface area (Å²) in [6, 6.07) is 24.8. The van der Waals surface area contributed by atoms with Gasteiger partial charge >= 0.3 is 0 Å². The fourth-order valence-electron chi connectivity index (χ4n) is 4.67. The van der Waals surface area contributed by atoms with Crippen molar-refractivity contribution in [3.63, 3.8) is 0 Å². The van der Waals surface area contributed by atoms with Gasteiger partial charge in [-0.25, -0.2) is 4.39 Å². The first-order valence-electron chi connectivity index (χ1n) is 11.8. The normalized spacial score (nSPS) is 21.5. The average Bonchev–Trinajstić information content (AvgIpc) is 2.90. The Morgan fingerprint density at radius 1 is 1.06 bits per heavy atom. The third kappa shape index (κ3) is 5.96. The number of aliphatic hydroxyl groups excluding tert-OH is 1. The molecule has 6 nitrogen and oxygen atoms in total. The van der Waals surface area contributed by atoms with Crippen LogP contribution in [0.3, 0.4) is 0 Å². The summed E-state index contributed by atoms with van der Waals surface area (Å²) in [6.45, 7) is 0.550. The van der Waals surface area contributed by atoms with Crippen LogP contribution in [0.2, 0.25) is 0 Å². The van der Waals surface area contributed by atoms with Gasteiger partial charge < -0.3 is 19.9 Å². The molecule has 1 saturated heterocycles. The average molecular weight is 509 g/mol. The molecule has 0 aromatic heterocycles. The number of hydrogen-bond acceptors (Lipinski definition) is 5. The molecule has 3 N–H and O–H groups in total. The van der Waals surface area contributed by atoms with Crippen LogP contribution in [0.15, 0.2) is 84.9 Å². The summed E-state index contributed by atoms with van der Waals surface area (Å²) < 4.78 is 27.1. The molecule has 0 unspecified atom stereocenters. The van der Waals surface area contributed by atoms with Crippen LogP contribution in [0.5, 0.6) is 0 Å². The molecule has 0 radical (unpaired) electrons. The molecule has 1 aliphatic heterocycles.